The van der Waals surface area contributed by atoms with Gasteiger partial charge in [0, 0.05) is 32.5 Å². The predicted octanol–water partition coefficient (Wildman–Crippen LogP) is 2.82. The minimum atomic E-state index is 0.0123. The highest BCUT2D eigenvalue weighted by Crippen LogP contribution is 2.27. The van der Waals surface area contributed by atoms with Crippen molar-refractivity contribution in [1.82, 2.24) is 19.8 Å². The second-order valence-electron chi connectivity index (χ2n) is 7.32. The second-order valence-corrected chi connectivity index (χ2v) is 7.32. The molecule has 3 rings (SSSR count). The molecule has 0 bridgehead atoms. The van der Waals surface area contributed by atoms with Crippen LogP contribution in [-0.2, 0) is 0 Å². The number of methoxy groups -OCH3 is 1. The van der Waals surface area contributed by atoms with E-state index in [2.05, 4.69) is 38.6 Å². The molecule has 3 atom stereocenters. The Balaban J connectivity index is 1.53. The van der Waals surface area contributed by atoms with Gasteiger partial charge < -0.3 is 24.3 Å². The van der Waals surface area contributed by atoms with Gasteiger partial charge in [0.15, 0.2) is 5.96 Å². The zero-order chi connectivity index (χ0) is 19.9. The number of likely N-dealkylation sites (tertiary alicyclic amines) is 1. The van der Waals surface area contributed by atoms with E-state index in [1.807, 2.05) is 50.0 Å². The summed E-state index contributed by atoms with van der Waals surface area (Å²) in [7, 11) is 3.49. The van der Waals surface area contributed by atoms with Crippen LogP contribution < -0.4 is 14.8 Å². The Kier molecular flexibility index (Phi) is 6.79. The average molecular weight is 386 g/mol. The third-order valence-electron chi connectivity index (χ3n) is 5.28. The van der Waals surface area contributed by atoms with E-state index in [1.54, 1.807) is 7.11 Å². The van der Waals surface area contributed by atoms with Crippen LogP contribution in [0.25, 0.3) is 0 Å². The summed E-state index contributed by atoms with van der Waals surface area (Å²) in [5.74, 6) is 3.19. The van der Waals surface area contributed by atoms with Crippen LogP contribution in [0.2, 0.25) is 0 Å². The van der Waals surface area contributed by atoms with E-state index in [-0.39, 0.29) is 6.10 Å². The summed E-state index contributed by atoms with van der Waals surface area (Å²) < 4.78 is 13.4. The normalized spacial score (nSPS) is 21.3. The topological polar surface area (TPSA) is 63.9 Å². The minimum absolute atomic E-state index is 0.0123. The zero-order valence-corrected chi connectivity index (χ0v) is 17.2. The second kappa shape index (κ2) is 9.48. The summed E-state index contributed by atoms with van der Waals surface area (Å²) in [5, 5.41) is 3.46. The van der Waals surface area contributed by atoms with Crippen molar-refractivity contribution in [2.75, 3.05) is 33.8 Å². The van der Waals surface area contributed by atoms with Gasteiger partial charge in [-0.1, -0.05) is 6.92 Å². The van der Waals surface area contributed by atoms with Crippen molar-refractivity contribution < 1.29 is 9.47 Å². The first-order valence-corrected chi connectivity index (χ1v) is 9.84. The fraction of sp³-hybridized carbons (Fsp3) is 0.524. The lowest BCUT2D eigenvalue weighted by molar-refractivity contribution is 0.184. The molecule has 0 spiro atoms. The number of guanidine groups is 1. The van der Waals surface area contributed by atoms with Gasteiger partial charge in [0.25, 0.3) is 0 Å². The highest BCUT2D eigenvalue weighted by atomic mass is 16.5. The van der Waals surface area contributed by atoms with Gasteiger partial charge in [0.2, 0.25) is 0 Å². The number of hydrogen-bond donors (Lipinski definition) is 1. The van der Waals surface area contributed by atoms with Crippen molar-refractivity contribution in [1.29, 1.82) is 0 Å². The maximum absolute atomic E-state index is 5.99. The Bertz CT molecular complexity index is 745. The van der Waals surface area contributed by atoms with Gasteiger partial charge in [-0.2, -0.15) is 0 Å². The van der Waals surface area contributed by atoms with Crippen LogP contribution in [-0.4, -0.2) is 60.3 Å². The Labute approximate surface area is 167 Å². The Morgan fingerprint density at radius 3 is 2.71 bits per heavy atom. The van der Waals surface area contributed by atoms with Crippen LogP contribution in [0.3, 0.4) is 0 Å². The average Bonchev–Trinajstić information content (AvgIpc) is 3.24. The summed E-state index contributed by atoms with van der Waals surface area (Å²) in [4.78, 5) is 11.0. The van der Waals surface area contributed by atoms with E-state index in [0.29, 0.717) is 18.5 Å². The summed E-state index contributed by atoms with van der Waals surface area (Å²) in [6, 6.07) is 8.06. The number of nitrogens with zero attached hydrogens (tertiary/aromatic N) is 4. The van der Waals surface area contributed by atoms with Crippen molar-refractivity contribution in [3.05, 3.63) is 43.0 Å². The van der Waals surface area contributed by atoms with Gasteiger partial charge >= 0.3 is 0 Å². The highest BCUT2D eigenvalue weighted by Gasteiger charge is 2.29. The number of rotatable bonds is 6. The molecule has 0 amide bonds. The van der Waals surface area contributed by atoms with Crippen LogP contribution in [0.4, 0.5) is 0 Å². The molecule has 0 aliphatic carbocycles. The number of benzene rings is 1. The molecule has 0 radical (unpaired) electrons. The molecule has 28 heavy (non-hydrogen) atoms. The van der Waals surface area contributed by atoms with E-state index in [9.17, 15) is 0 Å². The number of aromatic nitrogens is 2. The summed E-state index contributed by atoms with van der Waals surface area (Å²) in [6.45, 7) is 6.96. The number of imidazole rings is 1. The molecular formula is C21H31N5O2. The van der Waals surface area contributed by atoms with Gasteiger partial charge in [-0.3, -0.25) is 4.99 Å². The van der Waals surface area contributed by atoms with Crippen molar-refractivity contribution in [3.8, 4) is 11.5 Å². The minimum Gasteiger partial charge on any atom is -0.497 e. The van der Waals surface area contributed by atoms with Crippen molar-refractivity contribution in [2.45, 2.75) is 32.4 Å². The van der Waals surface area contributed by atoms with Crippen LogP contribution in [0.15, 0.2) is 48.0 Å². The lowest BCUT2D eigenvalue weighted by atomic mass is 9.93. The molecule has 3 unspecified atom stereocenters. The smallest absolute Gasteiger partial charge is 0.193 e. The third kappa shape index (κ3) is 4.97. The van der Waals surface area contributed by atoms with Gasteiger partial charge in [0.1, 0.15) is 17.6 Å². The van der Waals surface area contributed by atoms with Crippen LogP contribution in [0.1, 0.15) is 26.3 Å². The number of aliphatic imine (C=N–C) groups is 1. The molecule has 1 aromatic heterocycles. The maximum Gasteiger partial charge on any atom is 0.193 e. The fourth-order valence-electron chi connectivity index (χ4n) is 3.59. The molecule has 1 N–H and O–H groups in total. The molecule has 0 saturated carbocycles. The zero-order valence-electron chi connectivity index (χ0n) is 17.2. The van der Waals surface area contributed by atoms with Crippen molar-refractivity contribution >= 4 is 5.96 Å². The summed E-state index contributed by atoms with van der Waals surface area (Å²) in [5.41, 5.74) is 0. The van der Waals surface area contributed by atoms with Crippen molar-refractivity contribution in [2.24, 2.45) is 10.9 Å². The number of hydrogen-bond acceptors (Lipinski definition) is 4. The van der Waals surface area contributed by atoms with Gasteiger partial charge in [-0.25, -0.2) is 4.98 Å². The molecule has 7 heteroatoms. The van der Waals surface area contributed by atoms with Crippen LogP contribution >= 0.6 is 0 Å². The molecule has 2 aromatic rings. The molecule has 1 aromatic carbocycles. The van der Waals surface area contributed by atoms with E-state index >= 15 is 0 Å². The standard InChI is InChI=1S/C21H31N5O2/c1-16-9-11-25(14-20(16)26-12-10-23-15-26)21(22-3)24-13-17(2)28-19-7-5-18(27-4)6-8-19/h5-8,10,12,15-17,20H,9,11,13-14H2,1-4H3,(H,22,24). The molecule has 152 valence electrons. The van der Waals surface area contributed by atoms with E-state index in [0.717, 1.165) is 37.0 Å². The number of piperidine rings is 1. The Morgan fingerprint density at radius 1 is 1.32 bits per heavy atom. The quantitative estimate of drug-likeness (QED) is 0.612. The first-order chi connectivity index (χ1) is 13.6. The molecule has 2 heterocycles. The fourth-order valence-corrected chi connectivity index (χ4v) is 3.59. The first kappa shape index (κ1) is 20.0. The van der Waals surface area contributed by atoms with E-state index in [1.165, 1.54) is 0 Å². The predicted molar refractivity (Wildman–Crippen MR) is 111 cm³/mol. The lowest BCUT2D eigenvalue weighted by Gasteiger charge is -2.39. The molecule has 7 nitrogen and oxygen atoms in total. The van der Waals surface area contributed by atoms with Gasteiger partial charge in [0.05, 0.1) is 26.0 Å². The summed E-state index contributed by atoms with van der Waals surface area (Å²) in [6.07, 6.45) is 6.94. The van der Waals surface area contributed by atoms with E-state index < -0.39 is 0 Å². The van der Waals surface area contributed by atoms with Crippen LogP contribution in [0, 0.1) is 5.92 Å². The SMILES string of the molecule is CN=C(NCC(C)Oc1ccc(OC)cc1)N1CCC(C)C(n2ccnc2)C1. The Morgan fingerprint density at radius 2 is 2.07 bits per heavy atom. The Hall–Kier alpha value is -2.70. The van der Waals surface area contributed by atoms with E-state index in [4.69, 9.17) is 9.47 Å². The first-order valence-electron chi connectivity index (χ1n) is 9.84. The van der Waals surface area contributed by atoms with Crippen LogP contribution in [0.5, 0.6) is 11.5 Å². The molecule has 1 aliphatic rings. The molecule has 1 fully saturated rings. The highest BCUT2D eigenvalue weighted by molar-refractivity contribution is 5.80. The largest absolute Gasteiger partial charge is 0.497 e. The molecule has 1 saturated heterocycles. The summed E-state index contributed by atoms with van der Waals surface area (Å²) >= 11 is 0. The third-order valence-corrected chi connectivity index (χ3v) is 5.28. The van der Waals surface area contributed by atoms with Crippen molar-refractivity contribution in [3.63, 3.8) is 0 Å². The van der Waals surface area contributed by atoms with Gasteiger partial charge in [-0.15, -0.1) is 0 Å². The number of nitrogens with one attached hydrogen (secondary N) is 1. The lowest BCUT2D eigenvalue weighted by Crippen LogP contribution is -2.50. The van der Waals surface area contributed by atoms with Gasteiger partial charge in [-0.05, 0) is 43.5 Å². The number of ether oxygens (including phenoxy) is 2. The monoisotopic (exact) mass is 385 g/mol. The molecule has 1 aliphatic heterocycles. The molecular weight excluding hydrogens is 354 g/mol. The maximum atomic E-state index is 5.99.